The van der Waals surface area contributed by atoms with Gasteiger partial charge in [-0.15, -0.1) is 0 Å². The van der Waals surface area contributed by atoms with Crippen molar-refractivity contribution in [2.75, 3.05) is 33.1 Å². The zero-order valence-electron chi connectivity index (χ0n) is 18.9. The highest BCUT2D eigenvalue weighted by atomic mass is 32.2. The quantitative estimate of drug-likeness (QED) is 0.427. The summed E-state index contributed by atoms with van der Waals surface area (Å²) in [5.41, 5.74) is 5.23. The lowest BCUT2D eigenvalue weighted by molar-refractivity contribution is 0.299. The molecule has 0 saturated heterocycles. The van der Waals surface area contributed by atoms with Crippen LogP contribution in [0.3, 0.4) is 0 Å². The van der Waals surface area contributed by atoms with Gasteiger partial charge in [0.25, 0.3) is 0 Å². The van der Waals surface area contributed by atoms with Gasteiger partial charge < -0.3 is 19.2 Å². The van der Waals surface area contributed by atoms with Gasteiger partial charge in [-0.1, -0.05) is 18.9 Å². The normalized spacial score (nSPS) is 16.3. The van der Waals surface area contributed by atoms with E-state index in [-0.39, 0.29) is 0 Å². The molecule has 1 unspecified atom stereocenters. The third kappa shape index (κ3) is 4.51. The Morgan fingerprint density at radius 2 is 1.97 bits per heavy atom. The molecule has 1 N–H and O–H groups in total. The third-order valence-electron chi connectivity index (χ3n) is 5.99. The Morgan fingerprint density at radius 3 is 2.71 bits per heavy atom. The molecule has 3 aromatic rings. The van der Waals surface area contributed by atoms with Crippen molar-refractivity contribution in [2.24, 2.45) is 0 Å². The highest BCUT2D eigenvalue weighted by Crippen LogP contribution is 2.42. The summed E-state index contributed by atoms with van der Waals surface area (Å²) in [6, 6.07) is 11.0. The molecule has 0 bridgehead atoms. The minimum atomic E-state index is 0.342. The van der Waals surface area contributed by atoms with Gasteiger partial charge in [0, 0.05) is 35.4 Å². The van der Waals surface area contributed by atoms with Crippen molar-refractivity contribution in [1.29, 1.82) is 0 Å². The summed E-state index contributed by atoms with van der Waals surface area (Å²) in [5.74, 6) is 3.64. The monoisotopic (exact) mass is 440 g/mol. The second kappa shape index (κ2) is 9.88. The van der Waals surface area contributed by atoms with Crippen molar-refractivity contribution >= 4 is 22.9 Å². The molecule has 0 amide bonds. The summed E-state index contributed by atoms with van der Waals surface area (Å²) in [6.45, 7) is 5.92. The van der Waals surface area contributed by atoms with E-state index < -0.39 is 0 Å². The summed E-state index contributed by atoms with van der Waals surface area (Å²) in [6.07, 6.45) is 5.22. The Morgan fingerprint density at radius 1 is 1.10 bits per heavy atom. The maximum Gasteiger partial charge on any atom is 0.161 e. The SMILES string of the molecule is CCOc1cc2c(cc1OC)CCN(SCC)C2CCc1c[nH]c2ccc(OC)cc12. The van der Waals surface area contributed by atoms with Crippen molar-refractivity contribution in [1.82, 2.24) is 9.29 Å². The van der Waals surface area contributed by atoms with E-state index in [0.717, 1.165) is 54.3 Å². The minimum absolute atomic E-state index is 0.342. The molecule has 1 aliphatic heterocycles. The Balaban J connectivity index is 1.65. The van der Waals surface area contributed by atoms with Crippen LogP contribution < -0.4 is 14.2 Å². The standard InChI is InChI=1S/C25H32N2O3S/c1-5-30-25-15-21-17(13-24(25)29-4)11-12-27(31-6-2)23(21)10-7-18-16-26-22-9-8-19(28-3)14-20(18)22/h8-9,13-16,23,26H,5-7,10-12H2,1-4H3. The fraction of sp³-hybridized carbons (Fsp3) is 0.440. The lowest BCUT2D eigenvalue weighted by Crippen LogP contribution is -2.31. The number of aryl methyl sites for hydroxylation is 1. The van der Waals surface area contributed by atoms with E-state index in [4.69, 9.17) is 14.2 Å². The number of H-pyrrole nitrogens is 1. The van der Waals surface area contributed by atoms with Crippen molar-refractivity contribution in [3.63, 3.8) is 0 Å². The van der Waals surface area contributed by atoms with E-state index in [9.17, 15) is 0 Å². The van der Waals surface area contributed by atoms with Crippen molar-refractivity contribution in [3.05, 3.63) is 53.2 Å². The number of ether oxygens (including phenoxy) is 3. The highest BCUT2D eigenvalue weighted by Gasteiger charge is 2.29. The van der Waals surface area contributed by atoms with Crippen LogP contribution in [0.1, 0.15) is 43.0 Å². The van der Waals surface area contributed by atoms with Crippen LogP contribution in [0, 0.1) is 0 Å². The highest BCUT2D eigenvalue weighted by molar-refractivity contribution is 7.96. The Labute approximate surface area is 189 Å². The molecule has 1 atom stereocenters. The Bertz CT molecular complexity index is 1030. The number of methoxy groups -OCH3 is 2. The Hall–Kier alpha value is -2.31. The summed E-state index contributed by atoms with van der Waals surface area (Å²) in [5, 5.41) is 1.25. The molecule has 2 aromatic carbocycles. The number of rotatable bonds is 9. The van der Waals surface area contributed by atoms with Crippen LogP contribution in [-0.4, -0.2) is 42.4 Å². The molecule has 0 fully saturated rings. The summed E-state index contributed by atoms with van der Waals surface area (Å²) < 4.78 is 19.5. The van der Waals surface area contributed by atoms with Crippen molar-refractivity contribution < 1.29 is 14.2 Å². The maximum absolute atomic E-state index is 5.90. The number of nitrogens with zero attached hydrogens (tertiary/aromatic N) is 1. The lowest BCUT2D eigenvalue weighted by Gasteiger charge is -2.37. The second-order valence-corrected chi connectivity index (χ2v) is 9.03. The van der Waals surface area contributed by atoms with E-state index in [1.807, 2.05) is 24.9 Å². The van der Waals surface area contributed by atoms with Gasteiger partial charge in [-0.25, -0.2) is 4.31 Å². The molecule has 0 saturated carbocycles. The topological polar surface area (TPSA) is 46.7 Å². The van der Waals surface area contributed by atoms with Crippen LogP contribution in [0.15, 0.2) is 36.5 Å². The zero-order chi connectivity index (χ0) is 21.8. The number of aromatic amines is 1. The molecule has 0 aliphatic carbocycles. The minimum Gasteiger partial charge on any atom is -0.497 e. The van der Waals surface area contributed by atoms with E-state index in [2.05, 4.69) is 46.7 Å². The first-order chi connectivity index (χ1) is 15.2. The number of hydrogen-bond donors (Lipinski definition) is 1. The van der Waals surface area contributed by atoms with Gasteiger partial charge >= 0.3 is 0 Å². The van der Waals surface area contributed by atoms with Gasteiger partial charge in [0.1, 0.15) is 5.75 Å². The smallest absolute Gasteiger partial charge is 0.161 e. The number of benzene rings is 2. The van der Waals surface area contributed by atoms with E-state index in [0.29, 0.717) is 12.6 Å². The van der Waals surface area contributed by atoms with Crippen LogP contribution >= 0.6 is 11.9 Å². The first-order valence-electron chi connectivity index (χ1n) is 11.1. The molecule has 31 heavy (non-hydrogen) atoms. The summed E-state index contributed by atoms with van der Waals surface area (Å²) in [4.78, 5) is 3.41. The molecule has 0 spiro atoms. The van der Waals surface area contributed by atoms with Gasteiger partial charge in [-0.2, -0.15) is 0 Å². The molecule has 1 aliphatic rings. The molecule has 2 heterocycles. The first kappa shape index (κ1) is 21.9. The second-order valence-electron chi connectivity index (χ2n) is 7.72. The van der Waals surface area contributed by atoms with Crippen LogP contribution in [0.4, 0.5) is 0 Å². The predicted octanol–water partition coefficient (Wildman–Crippen LogP) is 5.78. The van der Waals surface area contributed by atoms with E-state index in [1.54, 1.807) is 14.2 Å². The molecule has 166 valence electrons. The van der Waals surface area contributed by atoms with Gasteiger partial charge in [-0.3, -0.25) is 0 Å². The van der Waals surface area contributed by atoms with Gasteiger partial charge in [-0.05, 0) is 73.2 Å². The summed E-state index contributed by atoms with van der Waals surface area (Å²) >= 11 is 1.93. The van der Waals surface area contributed by atoms with Crippen LogP contribution in [-0.2, 0) is 12.8 Å². The third-order valence-corrected chi connectivity index (χ3v) is 7.02. The number of hydrogen-bond acceptors (Lipinski definition) is 5. The Kier molecular flexibility index (Phi) is 6.98. The lowest BCUT2D eigenvalue weighted by atomic mass is 9.90. The molecule has 0 radical (unpaired) electrons. The first-order valence-corrected chi connectivity index (χ1v) is 12.0. The molecule has 6 heteroatoms. The van der Waals surface area contributed by atoms with E-state index >= 15 is 0 Å². The van der Waals surface area contributed by atoms with Gasteiger partial charge in [0.05, 0.1) is 20.8 Å². The number of aromatic nitrogens is 1. The zero-order valence-corrected chi connectivity index (χ0v) is 19.7. The number of fused-ring (bicyclic) bond motifs is 2. The van der Waals surface area contributed by atoms with Crippen LogP contribution in [0.5, 0.6) is 17.2 Å². The van der Waals surface area contributed by atoms with E-state index in [1.165, 1.54) is 22.1 Å². The molecule has 5 nitrogen and oxygen atoms in total. The fourth-order valence-electron chi connectivity index (χ4n) is 4.52. The molecular weight excluding hydrogens is 408 g/mol. The average molecular weight is 441 g/mol. The fourth-order valence-corrected chi connectivity index (χ4v) is 5.47. The maximum atomic E-state index is 5.90. The average Bonchev–Trinajstić information content (AvgIpc) is 3.20. The van der Waals surface area contributed by atoms with Crippen LogP contribution in [0.2, 0.25) is 0 Å². The van der Waals surface area contributed by atoms with Crippen LogP contribution in [0.25, 0.3) is 10.9 Å². The largest absolute Gasteiger partial charge is 0.497 e. The summed E-state index contributed by atoms with van der Waals surface area (Å²) in [7, 11) is 3.44. The van der Waals surface area contributed by atoms with Crippen molar-refractivity contribution in [3.8, 4) is 17.2 Å². The predicted molar refractivity (Wildman–Crippen MR) is 129 cm³/mol. The van der Waals surface area contributed by atoms with Crippen molar-refractivity contribution in [2.45, 2.75) is 39.2 Å². The molecule has 1 aromatic heterocycles. The van der Waals surface area contributed by atoms with Gasteiger partial charge in [0.2, 0.25) is 0 Å². The molecule has 4 rings (SSSR count). The van der Waals surface area contributed by atoms with Gasteiger partial charge in [0.15, 0.2) is 11.5 Å². The number of nitrogens with one attached hydrogen (secondary N) is 1. The molecular formula is C25H32N2O3S.